The van der Waals surface area contributed by atoms with E-state index in [1.165, 1.54) is 0 Å². The summed E-state index contributed by atoms with van der Waals surface area (Å²) in [7, 11) is 0. The highest BCUT2D eigenvalue weighted by Crippen LogP contribution is 2.21. The Kier molecular flexibility index (Phi) is 1.80. The van der Waals surface area contributed by atoms with E-state index in [0.29, 0.717) is 6.07 Å². The maximum atomic E-state index is 13.0. The predicted molar refractivity (Wildman–Crippen MR) is 44.4 cm³/mol. The second-order valence-electron chi connectivity index (χ2n) is 2.78. The molecular formula is C9H4F3NO. The summed E-state index contributed by atoms with van der Waals surface area (Å²) in [6, 6.07) is 1.30. The Balaban J connectivity index is 3.02. The quantitative estimate of drug-likeness (QED) is 0.646. The molecule has 2 nitrogen and oxygen atoms in total. The average Bonchev–Trinajstić information content (AvgIpc) is 2.14. The molecule has 14 heavy (non-hydrogen) atoms. The Hall–Kier alpha value is -1.78. The fourth-order valence-electron chi connectivity index (χ4n) is 1.23. The Bertz CT molecular complexity index is 562. The fourth-order valence-corrected chi connectivity index (χ4v) is 1.23. The molecule has 0 aliphatic rings. The molecule has 2 rings (SSSR count). The van der Waals surface area contributed by atoms with Gasteiger partial charge in [-0.3, -0.25) is 4.79 Å². The van der Waals surface area contributed by atoms with Gasteiger partial charge in [0.15, 0.2) is 11.6 Å². The van der Waals surface area contributed by atoms with Gasteiger partial charge < -0.3 is 4.98 Å². The molecule has 0 saturated heterocycles. The minimum Gasteiger partial charge on any atom is -0.328 e. The summed E-state index contributed by atoms with van der Waals surface area (Å²) >= 11 is 0. The van der Waals surface area contributed by atoms with Crippen LogP contribution >= 0.6 is 0 Å². The van der Waals surface area contributed by atoms with Gasteiger partial charge >= 0.3 is 0 Å². The normalized spacial score (nSPS) is 10.8. The van der Waals surface area contributed by atoms with Crippen LogP contribution in [0.15, 0.2) is 23.1 Å². The number of rotatable bonds is 0. The van der Waals surface area contributed by atoms with Crippen LogP contribution in [0.25, 0.3) is 10.8 Å². The van der Waals surface area contributed by atoms with E-state index in [9.17, 15) is 18.0 Å². The van der Waals surface area contributed by atoms with E-state index in [0.717, 1.165) is 12.3 Å². The summed E-state index contributed by atoms with van der Waals surface area (Å²) in [6.07, 6.45) is 0.944. The van der Waals surface area contributed by atoms with Crippen molar-refractivity contribution >= 4 is 10.8 Å². The van der Waals surface area contributed by atoms with Gasteiger partial charge in [0.1, 0.15) is 5.82 Å². The lowest BCUT2D eigenvalue weighted by atomic mass is 10.1. The van der Waals surface area contributed by atoms with E-state index in [1.54, 1.807) is 0 Å². The number of nitrogens with one attached hydrogen (secondary N) is 1. The van der Waals surface area contributed by atoms with Gasteiger partial charge in [0.2, 0.25) is 5.56 Å². The topological polar surface area (TPSA) is 32.9 Å². The van der Waals surface area contributed by atoms with Gasteiger partial charge in [0.25, 0.3) is 0 Å². The van der Waals surface area contributed by atoms with Crippen molar-refractivity contribution in [3.63, 3.8) is 0 Å². The fraction of sp³-hybridized carbons (Fsp3) is 0. The van der Waals surface area contributed by atoms with Gasteiger partial charge in [0, 0.05) is 29.1 Å². The van der Waals surface area contributed by atoms with Crippen LogP contribution in [0.5, 0.6) is 0 Å². The van der Waals surface area contributed by atoms with E-state index in [-0.39, 0.29) is 10.8 Å². The van der Waals surface area contributed by atoms with E-state index in [2.05, 4.69) is 4.98 Å². The summed E-state index contributed by atoms with van der Waals surface area (Å²) in [4.78, 5) is 12.9. The average molecular weight is 199 g/mol. The molecule has 1 heterocycles. The zero-order valence-electron chi connectivity index (χ0n) is 6.77. The molecular weight excluding hydrogens is 195 g/mol. The lowest BCUT2D eigenvalue weighted by Crippen LogP contribution is -2.04. The van der Waals surface area contributed by atoms with Gasteiger partial charge in [-0.1, -0.05) is 0 Å². The van der Waals surface area contributed by atoms with E-state index < -0.39 is 23.0 Å². The van der Waals surface area contributed by atoms with Crippen molar-refractivity contribution in [2.45, 2.75) is 0 Å². The smallest absolute Gasteiger partial charge is 0.248 e. The van der Waals surface area contributed by atoms with Crippen molar-refractivity contribution in [3.05, 3.63) is 46.1 Å². The molecule has 0 aliphatic heterocycles. The molecule has 0 aliphatic carbocycles. The number of benzene rings is 1. The lowest BCUT2D eigenvalue weighted by molar-refractivity contribution is 0.505. The third-order valence-corrected chi connectivity index (χ3v) is 1.88. The molecule has 0 radical (unpaired) electrons. The standard InChI is InChI=1S/C9H4F3NO/c10-6-2-7(11)9(12)5-3-13-8(14)1-4(5)6/h1-3H,(H,13,14). The van der Waals surface area contributed by atoms with Gasteiger partial charge in [-0.25, -0.2) is 13.2 Å². The third-order valence-electron chi connectivity index (χ3n) is 1.88. The molecule has 2 aromatic rings. The number of H-pyrrole nitrogens is 1. The molecule has 5 heteroatoms. The molecule has 1 aromatic heterocycles. The van der Waals surface area contributed by atoms with Crippen LogP contribution in [-0.2, 0) is 0 Å². The summed E-state index contributed by atoms with van der Waals surface area (Å²) < 4.78 is 38.8. The Morgan fingerprint density at radius 1 is 1.00 bits per heavy atom. The van der Waals surface area contributed by atoms with Crippen LogP contribution in [0.2, 0.25) is 0 Å². The van der Waals surface area contributed by atoms with Crippen LogP contribution in [0.4, 0.5) is 13.2 Å². The SMILES string of the molecule is O=c1cc2c(F)cc(F)c(F)c2c[nH]1. The summed E-state index contributed by atoms with van der Waals surface area (Å²) in [5.41, 5.74) is -0.567. The lowest BCUT2D eigenvalue weighted by Gasteiger charge is -2.00. The minimum absolute atomic E-state index is 0.229. The molecule has 1 aromatic carbocycles. The van der Waals surface area contributed by atoms with Crippen LogP contribution in [0, 0.1) is 17.5 Å². The van der Waals surface area contributed by atoms with Gasteiger partial charge in [0.05, 0.1) is 0 Å². The summed E-state index contributed by atoms with van der Waals surface area (Å²) in [6.45, 7) is 0. The van der Waals surface area contributed by atoms with Crippen molar-refractivity contribution in [1.82, 2.24) is 4.98 Å². The molecule has 0 saturated carbocycles. The molecule has 0 bridgehead atoms. The number of fused-ring (bicyclic) bond motifs is 1. The molecule has 0 fully saturated rings. The highest BCUT2D eigenvalue weighted by Gasteiger charge is 2.11. The maximum Gasteiger partial charge on any atom is 0.248 e. The molecule has 0 unspecified atom stereocenters. The number of halogens is 3. The Morgan fingerprint density at radius 2 is 1.71 bits per heavy atom. The predicted octanol–water partition coefficient (Wildman–Crippen LogP) is 1.95. The highest BCUT2D eigenvalue weighted by atomic mass is 19.2. The number of hydrogen-bond acceptors (Lipinski definition) is 1. The Morgan fingerprint density at radius 3 is 2.43 bits per heavy atom. The number of aromatic amines is 1. The van der Waals surface area contributed by atoms with E-state index >= 15 is 0 Å². The molecule has 0 spiro atoms. The maximum absolute atomic E-state index is 13.0. The first-order chi connectivity index (χ1) is 6.59. The van der Waals surface area contributed by atoms with E-state index in [1.807, 2.05) is 0 Å². The van der Waals surface area contributed by atoms with Gasteiger partial charge in [-0.2, -0.15) is 0 Å². The third kappa shape index (κ3) is 1.17. The number of aromatic nitrogens is 1. The first-order valence-electron chi connectivity index (χ1n) is 3.75. The van der Waals surface area contributed by atoms with Crippen molar-refractivity contribution in [2.24, 2.45) is 0 Å². The molecule has 0 atom stereocenters. The summed E-state index contributed by atoms with van der Waals surface area (Å²) in [5.74, 6) is -3.40. The molecule has 1 N–H and O–H groups in total. The van der Waals surface area contributed by atoms with Crippen molar-refractivity contribution < 1.29 is 13.2 Å². The minimum atomic E-state index is -1.28. The zero-order valence-corrected chi connectivity index (χ0v) is 6.77. The monoisotopic (exact) mass is 199 g/mol. The van der Waals surface area contributed by atoms with Gasteiger partial charge in [-0.15, -0.1) is 0 Å². The second-order valence-corrected chi connectivity index (χ2v) is 2.78. The molecule has 0 amide bonds. The first-order valence-corrected chi connectivity index (χ1v) is 3.75. The highest BCUT2D eigenvalue weighted by molar-refractivity contribution is 5.82. The van der Waals surface area contributed by atoms with Gasteiger partial charge in [-0.05, 0) is 0 Å². The number of pyridine rings is 1. The Labute approximate surface area is 76.0 Å². The van der Waals surface area contributed by atoms with Crippen LogP contribution < -0.4 is 5.56 Å². The van der Waals surface area contributed by atoms with Crippen molar-refractivity contribution in [2.75, 3.05) is 0 Å². The largest absolute Gasteiger partial charge is 0.328 e. The van der Waals surface area contributed by atoms with Crippen LogP contribution in [-0.4, -0.2) is 4.98 Å². The van der Waals surface area contributed by atoms with E-state index in [4.69, 9.17) is 0 Å². The molecule has 72 valence electrons. The van der Waals surface area contributed by atoms with Crippen LogP contribution in [0.3, 0.4) is 0 Å². The first kappa shape index (κ1) is 8.80. The van der Waals surface area contributed by atoms with Crippen LogP contribution in [0.1, 0.15) is 0 Å². The number of hydrogen-bond donors (Lipinski definition) is 1. The second kappa shape index (κ2) is 2.87. The zero-order chi connectivity index (χ0) is 10.3. The van der Waals surface area contributed by atoms with Crippen molar-refractivity contribution in [1.29, 1.82) is 0 Å². The summed E-state index contributed by atoms with van der Waals surface area (Å²) in [5, 5.41) is -0.505. The van der Waals surface area contributed by atoms with Crippen molar-refractivity contribution in [3.8, 4) is 0 Å².